The van der Waals surface area contributed by atoms with Crippen LogP contribution in [0.5, 0.6) is 0 Å². The van der Waals surface area contributed by atoms with Gasteiger partial charge in [0, 0.05) is 19.3 Å². The molecule has 5 heteroatoms. The molecule has 0 atom stereocenters. The number of guanidine groups is 1. The quantitative estimate of drug-likeness (QED) is 0.500. The predicted octanol–water partition coefficient (Wildman–Crippen LogP) is 2.08. The lowest BCUT2D eigenvalue weighted by atomic mass is 10.2. The summed E-state index contributed by atoms with van der Waals surface area (Å²) in [4.78, 5) is 8.46. The van der Waals surface area contributed by atoms with Crippen molar-refractivity contribution >= 4 is 29.9 Å². The van der Waals surface area contributed by atoms with Gasteiger partial charge in [0.25, 0.3) is 0 Å². The summed E-state index contributed by atoms with van der Waals surface area (Å²) in [5, 5.41) is 6.46. The Labute approximate surface area is 120 Å². The van der Waals surface area contributed by atoms with Crippen LogP contribution in [0, 0.1) is 6.92 Å². The molecular formula is C12H21IN4. The monoisotopic (exact) mass is 348 g/mol. The maximum absolute atomic E-state index is 4.32. The molecule has 0 unspecified atom stereocenters. The molecule has 0 saturated carbocycles. The topological polar surface area (TPSA) is 49.3 Å². The van der Waals surface area contributed by atoms with Crippen LogP contribution in [0.1, 0.15) is 25.1 Å². The third-order valence-corrected chi connectivity index (χ3v) is 2.19. The summed E-state index contributed by atoms with van der Waals surface area (Å²) in [7, 11) is 1.77. The number of nitrogens with one attached hydrogen (secondary N) is 2. The molecule has 1 aromatic rings. The van der Waals surface area contributed by atoms with Gasteiger partial charge in [-0.15, -0.1) is 24.0 Å². The van der Waals surface area contributed by atoms with Crippen LogP contribution < -0.4 is 10.6 Å². The number of aliphatic imine (C=N–C) groups is 1. The second-order valence-electron chi connectivity index (χ2n) is 3.99. The Bertz CT molecular complexity index is 363. The molecule has 17 heavy (non-hydrogen) atoms. The first kappa shape index (κ1) is 16.1. The third kappa shape index (κ3) is 5.86. The van der Waals surface area contributed by atoms with Gasteiger partial charge in [0.2, 0.25) is 0 Å². The van der Waals surface area contributed by atoms with Crippen LogP contribution in [0.2, 0.25) is 0 Å². The van der Waals surface area contributed by atoms with Gasteiger partial charge in [0.1, 0.15) is 0 Å². The molecule has 96 valence electrons. The Kier molecular flexibility index (Phi) is 7.86. The van der Waals surface area contributed by atoms with Crippen LogP contribution in [0.15, 0.2) is 23.3 Å². The average Bonchev–Trinajstić information content (AvgIpc) is 2.25. The minimum atomic E-state index is 0. The second-order valence-corrected chi connectivity index (χ2v) is 3.99. The van der Waals surface area contributed by atoms with Crippen molar-refractivity contribution < 1.29 is 0 Å². The Morgan fingerprint density at radius 2 is 2.18 bits per heavy atom. The van der Waals surface area contributed by atoms with Crippen molar-refractivity contribution in [3.05, 3.63) is 29.6 Å². The molecule has 1 heterocycles. The van der Waals surface area contributed by atoms with Gasteiger partial charge in [-0.05, 0) is 32.4 Å². The van der Waals surface area contributed by atoms with E-state index in [0.29, 0.717) is 12.6 Å². The summed E-state index contributed by atoms with van der Waals surface area (Å²) in [6, 6.07) is 4.37. The number of hydrogen-bond donors (Lipinski definition) is 2. The molecule has 2 N–H and O–H groups in total. The highest BCUT2D eigenvalue weighted by molar-refractivity contribution is 14.0. The SMILES string of the molecule is CN=C(NCc1ncccc1C)NC(C)C.I. The lowest BCUT2D eigenvalue weighted by molar-refractivity contribution is 0.695. The van der Waals surface area contributed by atoms with E-state index in [4.69, 9.17) is 0 Å². The highest BCUT2D eigenvalue weighted by Gasteiger charge is 2.02. The van der Waals surface area contributed by atoms with Gasteiger partial charge in [-0.1, -0.05) is 6.07 Å². The smallest absolute Gasteiger partial charge is 0.191 e. The van der Waals surface area contributed by atoms with Gasteiger partial charge in [0.15, 0.2) is 5.96 Å². The van der Waals surface area contributed by atoms with E-state index in [9.17, 15) is 0 Å². The minimum Gasteiger partial charge on any atom is -0.354 e. The number of hydrogen-bond acceptors (Lipinski definition) is 2. The minimum absolute atomic E-state index is 0. The van der Waals surface area contributed by atoms with Gasteiger partial charge in [-0.2, -0.15) is 0 Å². The molecule has 0 aliphatic heterocycles. The lowest BCUT2D eigenvalue weighted by Crippen LogP contribution is -2.40. The average molecular weight is 348 g/mol. The Balaban J connectivity index is 0.00000256. The molecule has 0 bridgehead atoms. The second kappa shape index (κ2) is 8.27. The van der Waals surface area contributed by atoms with Crippen LogP contribution >= 0.6 is 24.0 Å². The summed E-state index contributed by atoms with van der Waals surface area (Å²) in [5.41, 5.74) is 2.24. The Hall–Kier alpha value is -0.850. The van der Waals surface area contributed by atoms with Crippen LogP contribution in [0.25, 0.3) is 0 Å². The largest absolute Gasteiger partial charge is 0.354 e. The van der Waals surface area contributed by atoms with Crippen molar-refractivity contribution in [2.45, 2.75) is 33.4 Å². The zero-order chi connectivity index (χ0) is 12.0. The summed E-state index contributed by atoms with van der Waals surface area (Å²) in [5.74, 6) is 0.806. The molecule has 4 nitrogen and oxygen atoms in total. The van der Waals surface area contributed by atoms with Crippen molar-refractivity contribution in [2.24, 2.45) is 4.99 Å². The fourth-order valence-electron chi connectivity index (χ4n) is 1.34. The van der Waals surface area contributed by atoms with Crippen molar-refractivity contribution in [1.82, 2.24) is 15.6 Å². The van der Waals surface area contributed by atoms with Crippen LogP contribution in [-0.4, -0.2) is 24.0 Å². The zero-order valence-corrected chi connectivity index (χ0v) is 13.1. The van der Waals surface area contributed by atoms with Gasteiger partial charge in [0.05, 0.1) is 12.2 Å². The molecular weight excluding hydrogens is 327 g/mol. The van der Waals surface area contributed by atoms with Crippen LogP contribution in [-0.2, 0) is 6.54 Å². The molecule has 0 aliphatic carbocycles. The summed E-state index contributed by atoms with van der Waals surface area (Å²) < 4.78 is 0. The molecule has 0 spiro atoms. The maximum atomic E-state index is 4.32. The zero-order valence-electron chi connectivity index (χ0n) is 10.8. The lowest BCUT2D eigenvalue weighted by Gasteiger charge is -2.14. The normalized spacial score (nSPS) is 11.0. The molecule has 0 aliphatic rings. The van der Waals surface area contributed by atoms with Gasteiger partial charge in [-0.25, -0.2) is 0 Å². The molecule has 0 radical (unpaired) electrons. The van der Waals surface area contributed by atoms with Crippen molar-refractivity contribution in [1.29, 1.82) is 0 Å². The van der Waals surface area contributed by atoms with Crippen LogP contribution in [0.3, 0.4) is 0 Å². The number of aryl methyl sites for hydroxylation is 1. The van der Waals surface area contributed by atoms with Crippen LogP contribution in [0.4, 0.5) is 0 Å². The van der Waals surface area contributed by atoms with Crippen molar-refractivity contribution in [3.63, 3.8) is 0 Å². The molecule has 1 aromatic heterocycles. The Morgan fingerprint density at radius 3 is 2.71 bits per heavy atom. The fourth-order valence-corrected chi connectivity index (χ4v) is 1.34. The first-order valence-corrected chi connectivity index (χ1v) is 5.51. The highest BCUT2D eigenvalue weighted by Crippen LogP contribution is 2.01. The van der Waals surface area contributed by atoms with E-state index in [1.807, 2.05) is 12.3 Å². The molecule has 0 amide bonds. The van der Waals surface area contributed by atoms with Crippen molar-refractivity contribution in [3.8, 4) is 0 Å². The fraction of sp³-hybridized carbons (Fsp3) is 0.500. The first-order chi connectivity index (χ1) is 7.63. The van der Waals surface area contributed by atoms with Gasteiger partial charge >= 0.3 is 0 Å². The Morgan fingerprint density at radius 1 is 1.47 bits per heavy atom. The standard InChI is InChI=1S/C12H20N4.HI/c1-9(2)16-12(13-4)15-8-11-10(3)6-5-7-14-11;/h5-7,9H,8H2,1-4H3,(H2,13,15,16);1H. The van der Waals surface area contributed by atoms with E-state index in [-0.39, 0.29) is 24.0 Å². The van der Waals surface area contributed by atoms with E-state index in [1.54, 1.807) is 7.05 Å². The number of pyridine rings is 1. The van der Waals surface area contributed by atoms with E-state index >= 15 is 0 Å². The van der Waals surface area contributed by atoms with E-state index in [0.717, 1.165) is 11.7 Å². The van der Waals surface area contributed by atoms with E-state index in [2.05, 4.69) is 47.4 Å². The number of rotatable bonds is 3. The molecule has 0 aromatic carbocycles. The number of nitrogens with zero attached hydrogens (tertiary/aromatic N) is 2. The summed E-state index contributed by atoms with van der Waals surface area (Å²) in [6.45, 7) is 6.92. The number of aromatic nitrogens is 1. The van der Waals surface area contributed by atoms with E-state index < -0.39 is 0 Å². The molecule has 0 fully saturated rings. The van der Waals surface area contributed by atoms with Gasteiger partial charge < -0.3 is 10.6 Å². The third-order valence-electron chi connectivity index (χ3n) is 2.19. The van der Waals surface area contributed by atoms with Gasteiger partial charge in [-0.3, -0.25) is 9.98 Å². The number of halogens is 1. The first-order valence-electron chi connectivity index (χ1n) is 5.51. The van der Waals surface area contributed by atoms with E-state index in [1.165, 1.54) is 5.56 Å². The molecule has 1 rings (SSSR count). The maximum Gasteiger partial charge on any atom is 0.191 e. The predicted molar refractivity (Wildman–Crippen MR) is 82.9 cm³/mol. The highest BCUT2D eigenvalue weighted by atomic mass is 127. The summed E-state index contributed by atoms with van der Waals surface area (Å²) in [6.07, 6.45) is 1.81. The molecule has 0 saturated heterocycles. The summed E-state index contributed by atoms with van der Waals surface area (Å²) >= 11 is 0. The van der Waals surface area contributed by atoms with Crippen molar-refractivity contribution in [2.75, 3.05) is 7.05 Å².